The molecule has 0 saturated carbocycles. The maximum absolute atomic E-state index is 9.26. The predicted octanol–water partition coefficient (Wildman–Crippen LogP) is 3.13. The molecule has 0 bridgehead atoms. The number of fused-ring (bicyclic) bond motifs is 1. The third-order valence-corrected chi connectivity index (χ3v) is 3.20. The van der Waals surface area contributed by atoms with Crippen LogP contribution in [0.1, 0.15) is 24.8 Å². The summed E-state index contributed by atoms with van der Waals surface area (Å²) in [5.74, 6) is 0.769. The second-order valence-corrected chi connectivity index (χ2v) is 4.42. The number of aromatic nitrogens is 1. The van der Waals surface area contributed by atoms with Crippen molar-refractivity contribution in [2.45, 2.75) is 19.8 Å². The largest absolute Gasteiger partial charge is 0.508 e. The zero-order chi connectivity index (χ0) is 9.42. The summed E-state index contributed by atoms with van der Waals surface area (Å²) in [7, 11) is 0. The Morgan fingerprint density at radius 1 is 1.38 bits per heavy atom. The molecule has 1 heterocycles. The molecule has 0 spiro atoms. The van der Waals surface area contributed by atoms with Crippen molar-refractivity contribution in [3.63, 3.8) is 0 Å². The second-order valence-electron chi connectivity index (χ2n) is 3.36. The average Bonchev–Trinajstić information content (AvgIpc) is 2.46. The summed E-state index contributed by atoms with van der Waals surface area (Å²) in [5.41, 5.74) is 0.978. The van der Waals surface area contributed by atoms with E-state index in [1.165, 1.54) is 0 Å². The predicted molar refractivity (Wildman–Crippen MR) is 55.4 cm³/mol. The molecule has 68 valence electrons. The Bertz CT molecular complexity index is 433. The number of benzene rings is 1. The van der Waals surface area contributed by atoms with Crippen LogP contribution in [-0.2, 0) is 0 Å². The smallest absolute Gasteiger partial charge is 0.117 e. The molecule has 0 fully saturated rings. The van der Waals surface area contributed by atoms with Gasteiger partial charge in [0.15, 0.2) is 0 Å². The first-order valence-corrected chi connectivity index (χ1v) is 5.08. The highest BCUT2D eigenvalue weighted by atomic mass is 32.1. The van der Waals surface area contributed by atoms with Crippen LogP contribution in [0, 0.1) is 0 Å². The molecule has 3 heteroatoms. The van der Waals surface area contributed by atoms with Crippen molar-refractivity contribution >= 4 is 21.6 Å². The van der Waals surface area contributed by atoms with Gasteiger partial charge in [-0.2, -0.15) is 0 Å². The van der Waals surface area contributed by atoms with Crippen LogP contribution in [0.5, 0.6) is 5.75 Å². The second kappa shape index (κ2) is 3.00. The van der Waals surface area contributed by atoms with Crippen LogP contribution >= 0.6 is 11.3 Å². The molecule has 1 aromatic heterocycles. The van der Waals surface area contributed by atoms with Gasteiger partial charge in [0.25, 0.3) is 0 Å². The minimum atomic E-state index is 0.312. The first-order valence-electron chi connectivity index (χ1n) is 4.26. The molecular formula is C10H11NOS. The van der Waals surface area contributed by atoms with Crippen LogP contribution in [0.3, 0.4) is 0 Å². The van der Waals surface area contributed by atoms with Crippen LogP contribution in [0.2, 0.25) is 0 Å². The lowest BCUT2D eigenvalue weighted by Gasteiger charge is -1.94. The highest BCUT2D eigenvalue weighted by Crippen LogP contribution is 2.29. The SMILES string of the molecule is CC(C)c1nc2ccc(O)cc2s1. The summed E-state index contributed by atoms with van der Waals surface area (Å²) < 4.78 is 1.06. The molecule has 0 saturated heterocycles. The highest BCUT2D eigenvalue weighted by Gasteiger charge is 2.06. The molecule has 0 aliphatic rings. The lowest BCUT2D eigenvalue weighted by atomic mass is 10.2. The first kappa shape index (κ1) is 8.51. The van der Waals surface area contributed by atoms with Crippen molar-refractivity contribution in [1.82, 2.24) is 4.98 Å². The van der Waals surface area contributed by atoms with E-state index in [2.05, 4.69) is 18.8 Å². The fourth-order valence-corrected chi connectivity index (χ4v) is 2.18. The van der Waals surface area contributed by atoms with Crippen LogP contribution in [0.4, 0.5) is 0 Å². The lowest BCUT2D eigenvalue weighted by molar-refractivity contribution is 0.476. The lowest BCUT2D eigenvalue weighted by Crippen LogP contribution is -1.82. The molecule has 0 aliphatic heterocycles. The van der Waals surface area contributed by atoms with E-state index >= 15 is 0 Å². The van der Waals surface area contributed by atoms with E-state index < -0.39 is 0 Å². The third-order valence-electron chi connectivity index (χ3n) is 1.88. The Morgan fingerprint density at radius 2 is 2.15 bits per heavy atom. The maximum atomic E-state index is 9.26. The molecule has 0 amide bonds. The number of rotatable bonds is 1. The molecule has 2 aromatic rings. The van der Waals surface area contributed by atoms with Crippen LogP contribution in [0.25, 0.3) is 10.2 Å². The Balaban J connectivity index is 2.62. The Kier molecular flexibility index (Phi) is 1.96. The van der Waals surface area contributed by atoms with E-state index in [9.17, 15) is 5.11 Å². The van der Waals surface area contributed by atoms with E-state index in [0.29, 0.717) is 11.7 Å². The van der Waals surface area contributed by atoms with Gasteiger partial charge in [0.05, 0.1) is 15.2 Å². The van der Waals surface area contributed by atoms with E-state index in [1.807, 2.05) is 6.07 Å². The van der Waals surface area contributed by atoms with Crippen molar-refractivity contribution in [2.75, 3.05) is 0 Å². The molecule has 0 radical (unpaired) electrons. The summed E-state index contributed by atoms with van der Waals surface area (Å²) in [4.78, 5) is 4.46. The van der Waals surface area contributed by atoms with Gasteiger partial charge < -0.3 is 5.11 Å². The minimum Gasteiger partial charge on any atom is -0.508 e. The summed E-state index contributed by atoms with van der Waals surface area (Å²) in [6, 6.07) is 5.29. The van der Waals surface area contributed by atoms with Gasteiger partial charge in [0, 0.05) is 5.92 Å². The van der Waals surface area contributed by atoms with Gasteiger partial charge in [-0.3, -0.25) is 0 Å². The zero-order valence-corrected chi connectivity index (χ0v) is 8.43. The Labute approximate surface area is 80.9 Å². The summed E-state index contributed by atoms with van der Waals surface area (Å²) >= 11 is 1.65. The fraction of sp³-hybridized carbons (Fsp3) is 0.300. The number of phenols is 1. The highest BCUT2D eigenvalue weighted by molar-refractivity contribution is 7.18. The number of aromatic hydroxyl groups is 1. The number of thiazole rings is 1. The van der Waals surface area contributed by atoms with Gasteiger partial charge in [-0.05, 0) is 18.2 Å². The normalized spacial score (nSPS) is 11.3. The van der Waals surface area contributed by atoms with Crippen LogP contribution < -0.4 is 0 Å². The Morgan fingerprint density at radius 3 is 2.85 bits per heavy atom. The van der Waals surface area contributed by atoms with Crippen molar-refractivity contribution in [1.29, 1.82) is 0 Å². The molecule has 0 atom stereocenters. The monoisotopic (exact) mass is 193 g/mol. The maximum Gasteiger partial charge on any atom is 0.117 e. The molecule has 0 unspecified atom stereocenters. The van der Waals surface area contributed by atoms with Crippen molar-refractivity contribution in [2.24, 2.45) is 0 Å². The molecule has 13 heavy (non-hydrogen) atoms. The number of hydrogen-bond donors (Lipinski definition) is 1. The van der Waals surface area contributed by atoms with Gasteiger partial charge in [0.2, 0.25) is 0 Å². The number of nitrogens with zero attached hydrogens (tertiary/aromatic N) is 1. The van der Waals surface area contributed by atoms with Gasteiger partial charge in [-0.25, -0.2) is 4.98 Å². The van der Waals surface area contributed by atoms with E-state index in [1.54, 1.807) is 23.5 Å². The molecule has 1 aromatic carbocycles. The van der Waals surface area contributed by atoms with Crippen molar-refractivity contribution < 1.29 is 5.11 Å². The van der Waals surface area contributed by atoms with E-state index in [0.717, 1.165) is 15.2 Å². The van der Waals surface area contributed by atoms with Gasteiger partial charge >= 0.3 is 0 Å². The van der Waals surface area contributed by atoms with E-state index in [-0.39, 0.29) is 0 Å². The fourth-order valence-electron chi connectivity index (χ4n) is 1.18. The van der Waals surface area contributed by atoms with Crippen molar-refractivity contribution in [3.05, 3.63) is 23.2 Å². The van der Waals surface area contributed by atoms with Gasteiger partial charge in [-0.1, -0.05) is 13.8 Å². The molecule has 2 nitrogen and oxygen atoms in total. The number of hydrogen-bond acceptors (Lipinski definition) is 3. The molecule has 2 rings (SSSR count). The van der Waals surface area contributed by atoms with Crippen molar-refractivity contribution in [3.8, 4) is 5.75 Å². The average molecular weight is 193 g/mol. The quantitative estimate of drug-likeness (QED) is 0.754. The zero-order valence-electron chi connectivity index (χ0n) is 7.61. The van der Waals surface area contributed by atoms with Crippen LogP contribution in [0.15, 0.2) is 18.2 Å². The van der Waals surface area contributed by atoms with E-state index in [4.69, 9.17) is 0 Å². The summed E-state index contributed by atoms with van der Waals surface area (Å²) in [5, 5.41) is 10.4. The molecular weight excluding hydrogens is 182 g/mol. The molecule has 1 N–H and O–H groups in total. The summed E-state index contributed by atoms with van der Waals surface area (Å²) in [6.07, 6.45) is 0. The standard InChI is InChI=1S/C10H11NOS/c1-6(2)10-11-8-4-3-7(12)5-9(8)13-10/h3-6,12H,1-2H3. The Hall–Kier alpha value is -1.09. The van der Waals surface area contributed by atoms with Gasteiger partial charge in [0.1, 0.15) is 5.75 Å². The topological polar surface area (TPSA) is 33.1 Å². The number of phenolic OH excluding ortho intramolecular Hbond substituents is 1. The third kappa shape index (κ3) is 1.52. The van der Waals surface area contributed by atoms with Gasteiger partial charge in [-0.15, -0.1) is 11.3 Å². The first-order chi connectivity index (χ1) is 6.16. The summed E-state index contributed by atoms with van der Waals surface area (Å²) in [6.45, 7) is 4.25. The molecule has 0 aliphatic carbocycles. The minimum absolute atomic E-state index is 0.312. The van der Waals surface area contributed by atoms with Crippen LogP contribution in [-0.4, -0.2) is 10.1 Å².